The maximum atomic E-state index is 11.9. The third-order valence-corrected chi connectivity index (χ3v) is 3.87. The number of aryl methyl sites for hydroxylation is 1. The first-order chi connectivity index (χ1) is 7.90. The molecule has 0 heterocycles. The summed E-state index contributed by atoms with van der Waals surface area (Å²) in [6.07, 6.45) is 0.841. The van der Waals surface area contributed by atoms with Crippen molar-refractivity contribution in [2.75, 3.05) is 14.1 Å². The maximum Gasteiger partial charge on any atom is 0.253 e. The van der Waals surface area contributed by atoms with E-state index in [1.54, 1.807) is 26.2 Å². The summed E-state index contributed by atoms with van der Waals surface area (Å²) in [6, 6.07) is 5.04. The van der Waals surface area contributed by atoms with E-state index < -0.39 is 10.0 Å². The van der Waals surface area contributed by atoms with Gasteiger partial charge in [0.1, 0.15) is 0 Å². The van der Waals surface area contributed by atoms with Crippen LogP contribution in [0.4, 0.5) is 0 Å². The van der Waals surface area contributed by atoms with Gasteiger partial charge in [-0.15, -0.1) is 4.83 Å². The van der Waals surface area contributed by atoms with Gasteiger partial charge in [0, 0.05) is 20.6 Å². The Kier molecular flexibility index (Phi) is 4.64. The summed E-state index contributed by atoms with van der Waals surface area (Å²) in [5.74, 6) is 0. The first-order valence-corrected chi connectivity index (χ1v) is 6.90. The lowest BCUT2D eigenvalue weighted by Gasteiger charge is -2.14. The number of hydrogen-bond donors (Lipinski definition) is 2. The zero-order chi connectivity index (χ0) is 13.1. The van der Waals surface area contributed by atoms with Crippen LogP contribution in [0.25, 0.3) is 0 Å². The molecule has 0 aliphatic heterocycles. The molecular formula is C11H19N3O2S. The van der Waals surface area contributed by atoms with Gasteiger partial charge < -0.3 is 5.73 Å². The minimum absolute atomic E-state index is 0.240. The van der Waals surface area contributed by atoms with E-state index in [0.29, 0.717) is 6.54 Å². The van der Waals surface area contributed by atoms with E-state index in [1.165, 1.54) is 5.01 Å². The molecule has 5 nitrogen and oxygen atoms in total. The van der Waals surface area contributed by atoms with Crippen LogP contribution in [0.15, 0.2) is 23.1 Å². The molecule has 0 fully saturated rings. The average molecular weight is 257 g/mol. The molecule has 96 valence electrons. The van der Waals surface area contributed by atoms with E-state index in [-0.39, 0.29) is 4.90 Å². The molecule has 0 atom stereocenters. The maximum absolute atomic E-state index is 11.9. The van der Waals surface area contributed by atoms with Crippen LogP contribution in [-0.4, -0.2) is 27.5 Å². The molecule has 6 heteroatoms. The number of benzene rings is 1. The largest absolute Gasteiger partial charge is 0.326 e. The van der Waals surface area contributed by atoms with Crippen LogP contribution >= 0.6 is 0 Å². The van der Waals surface area contributed by atoms with E-state index in [9.17, 15) is 8.42 Å². The highest BCUT2D eigenvalue weighted by Crippen LogP contribution is 2.16. The third-order valence-electron chi connectivity index (χ3n) is 2.39. The third kappa shape index (κ3) is 3.50. The van der Waals surface area contributed by atoms with Crippen molar-refractivity contribution < 1.29 is 8.42 Å². The van der Waals surface area contributed by atoms with Gasteiger partial charge in [0.2, 0.25) is 0 Å². The van der Waals surface area contributed by atoms with Crippen LogP contribution in [0.2, 0.25) is 0 Å². The zero-order valence-corrected chi connectivity index (χ0v) is 11.2. The second kappa shape index (κ2) is 5.59. The standard InChI is InChI=1S/C11H19N3O2S/c1-4-9-5-6-11(7-10(9)8-12)17(15,16)13-14(2)3/h5-7,13H,4,8,12H2,1-3H3. The molecule has 0 unspecified atom stereocenters. The fraction of sp³-hybridized carbons (Fsp3) is 0.455. The highest BCUT2D eigenvalue weighted by molar-refractivity contribution is 7.89. The Morgan fingerprint density at radius 2 is 1.94 bits per heavy atom. The second-order valence-corrected chi connectivity index (χ2v) is 5.64. The van der Waals surface area contributed by atoms with Crippen molar-refractivity contribution in [3.05, 3.63) is 29.3 Å². The molecule has 3 N–H and O–H groups in total. The van der Waals surface area contributed by atoms with E-state index in [0.717, 1.165) is 17.5 Å². The topological polar surface area (TPSA) is 75.4 Å². The smallest absolute Gasteiger partial charge is 0.253 e. The number of nitrogens with zero attached hydrogens (tertiary/aromatic N) is 1. The van der Waals surface area contributed by atoms with Gasteiger partial charge in [0.25, 0.3) is 10.0 Å². The normalized spacial score (nSPS) is 12.1. The zero-order valence-electron chi connectivity index (χ0n) is 10.4. The molecule has 1 aromatic carbocycles. The van der Waals surface area contributed by atoms with Gasteiger partial charge >= 0.3 is 0 Å². The van der Waals surface area contributed by atoms with Crippen molar-refractivity contribution in [1.29, 1.82) is 0 Å². The summed E-state index contributed by atoms with van der Waals surface area (Å²) >= 11 is 0. The summed E-state index contributed by atoms with van der Waals surface area (Å²) < 4.78 is 23.8. The van der Waals surface area contributed by atoms with E-state index >= 15 is 0 Å². The predicted octanol–water partition coefficient (Wildman–Crippen LogP) is 0.463. The number of hydrogen-bond acceptors (Lipinski definition) is 4. The van der Waals surface area contributed by atoms with Crippen molar-refractivity contribution >= 4 is 10.0 Å². The Hall–Kier alpha value is -0.950. The second-order valence-electron chi connectivity index (χ2n) is 3.98. The van der Waals surface area contributed by atoms with Crippen LogP contribution < -0.4 is 10.6 Å². The Balaban J connectivity index is 3.16. The lowest BCUT2D eigenvalue weighted by molar-refractivity contribution is 0.364. The molecule has 0 saturated carbocycles. The first kappa shape index (κ1) is 14.1. The molecule has 0 spiro atoms. The van der Waals surface area contributed by atoms with E-state index in [2.05, 4.69) is 4.83 Å². The Bertz CT molecular complexity index is 483. The van der Waals surface area contributed by atoms with Crippen molar-refractivity contribution in [3.8, 4) is 0 Å². The summed E-state index contributed by atoms with van der Waals surface area (Å²) in [6.45, 7) is 2.36. The van der Waals surface area contributed by atoms with Gasteiger partial charge in [-0.25, -0.2) is 13.4 Å². The van der Waals surface area contributed by atoms with Crippen LogP contribution in [0.1, 0.15) is 18.1 Å². The predicted molar refractivity (Wildman–Crippen MR) is 67.7 cm³/mol. The van der Waals surface area contributed by atoms with Crippen LogP contribution in [0.3, 0.4) is 0 Å². The van der Waals surface area contributed by atoms with Gasteiger partial charge in [-0.3, -0.25) is 0 Å². The summed E-state index contributed by atoms with van der Waals surface area (Å²) in [5.41, 5.74) is 7.56. The monoisotopic (exact) mass is 257 g/mol. The molecule has 0 bridgehead atoms. The Morgan fingerprint density at radius 3 is 2.41 bits per heavy atom. The molecule has 17 heavy (non-hydrogen) atoms. The average Bonchev–Trinajstić information content (AvgIpc) is 2.26. The van der Waals surface area contributed by atoms with Crippen molar-refractivity contribution in [2.24, 2.45) is 5.73 Å². The molecule has 0 amide bonds. The minimum Gasteiger partial charge on any atom is -0.326 e. The number of rotatable bonds is 5. The molecular weight excluding hydrogens is 238 g/mol. The number of nitrogens with one attached hydrogen (secondary N) is 1. The van der Waals surface area contributed by atoms with E-state index in [1.807, 2.05) is 13.0 Å². The molecule has 0 aliphatic rings. The number of nitrogens with two attached hydrogens (primary N) is 1. The molecule has 1 rings (SSSR count). The SMILES string of the molecule is CCc1ccc(S(=O)(=O)NN(C)C)cc1CN. The van der Waals surface area contributed by atoms with Gasteiger partial charge in [-0.05, 0) is 29.7 Å². The van der Waals surface area contributed by atoms with Gasteiger partial charge in [-0.1, -0.05) is 13.0 Å². The highest BCUT2D eigenvalue weighted by atomic mass is 32.2. The minimum atomic E-state index is -3.50. The fourth-order valence-corrected chi connectivity index (χ4v) is 2.73. The van der Waals surface area contributed by atoms with Gasteiger partial charge in [0.05, 0.1) is 4.90 Å². The molecule has 0 aliphatic carbocycles. The first-order valence-electron chi connectivity index (χ1n) is 5.42. The van der Waals surface area contributed by atoms with Crippen molar-refractivity contribution in [1.82, 2.24) is 9.84 Å². The van der Waals surface area contributed by atoms with Gasteiger partial charge in [-0.2, -0.15) is 0 Å². The van der Waals surface area contributed by atoms with E-state index in [4.69, 9.17) is 5.73 Å². The summed E-state index contributed by atoms with van der Waals surface area (Å²) in [4.78, 5) is 2.63. The lowest BCUT2D eigenvalue weighted by Crippen LogP contribution is -2.36. The molecule has 0 radical (unpaired) electrons. The highest BCUT2D eigenvalue weighted by Gasteiger charge is 2.15. The van der Waals surface area contributed by atoms with Crippen molar-refractivity contribution in [2.45, 2.75) is 24.8 Å². The Labute approximate surface area is 103 Å². The van der Waals surface area contributed by atoms with Crippen molar-refractivity contribution in [3.63, 3.8) is 0 Å². The number of sulfonamides is 1. The summed E-state index contributed by atoms with van der Waals surface area (Å²) in [7, 11) is -0.243. The molecule has 1 aromatic rings. The fourth-order valence-electron chi connectivity index (χ4n) is 1.60. The van der Waals surface area contributed by atoms with Crippen LogP contribution in [-0.2, 0) is 23.0 Å². The quantitative estimate of drug-likeness (QED) is 0.752. The Morgan fingerprint density at radius 1 is 1.29 bits per heavy atom. The number of hydrazine groups is 1. The lowest BCUT2D eigenvalue weighted by atomic mass is 10.1. The molecule has 0 aromatic heterocycles. The van der Waals surface area contributed by atoms with Gasteiger partial charge in [0.15, 0.2) is 0 Å². The van der Waals surface area contributed by atoms with Crippen LogP contribution in [0, 0.1) is 0 Å². The van der Waals surface area contributed by atoms with Crippen LogP contribution in [0.5, 0.6) is 0 Å². The molecule has 0 saturated heterocycles. The summed E-state index contributed by atoms with van der Waals surface area (Å²) in [5, 5.41) is 1.39.